The van der Waals surface area contributed by atoms with Crippen molar-refractivity contribution in [2.24, 2.45) is 23.7 Å². The lowest BCUT2D eigenvalue weighted by Crippen LogP contribution is -2.37. The van der Waals surface area contributed by atoms with Crippen molar-refractivity contribution in [3.05, 3.63) is 65.7 Å². The van der Waals surface area contributed by atoms with Gasteiger partial charge in [-0.25, -0.2) is 9.69 Å². The third-order valence-corrected chi connectivity index (χ3v) is 9.99. The maximum absolute atomic E-state index is 13.3. The summed E-state index contributed by atoms with van der Waals surface area (Å²) in [5, 5.41) is 0. The third kappa shape index (κ3) is 3.27. The monoisotopic (exact) mass is 559 g/mol. The second kappa shape index (κ2) is 8.23. The first-order valence-electron chi connectivity index (χ1n) is 10.4. The van der Waals surface area contributed by atoms with Crippen molar-refractivity contribution in [2.45, 2.75) is 16.1 Å². The lowest BCUT2D eigenvalue weighted by molar-refractivity contribution is -0.123. The molecule has 2 bridgehead atoms. The highest BCUT2D eigenvalue weighted by atomic mass is 79.9. The van der Waals surface area contributed by atoms with Gasteiger partial charge in [0.25, 0.3) is 0 Å². The molecule has 3 fully saturated rings. The maximum Gasteiger partial charge on any atom is 0.340 e. The molecule has 2 aromatic rings. The molecule has 0 unspecified atom stereocenters. The summed E-state index contributed by atoms with van der Waals surface area (Å²) in [7, 11) is 0. The number of esters is 1. The average Bonchev–Trinajstić information content (AvgIpc) is 3.42. The van der Waals surface area contributed by atoms with Gasteiger partial charge in [-0.2, -0.15) is 0 Å². The minimum Gasteiger partial charge on any atom is -0.454 e. The molecule has 2 aliphatic carbocycles. The van der Waals surface area contributed by atoms with Crippen LogP contribution < -0.4 is 4.90 Å². The van der Waals surface area contributed by atoms with E-state index < -0.39 is 12.6 Å². The second-order valence-corrected chi connectivity index (χ2v) is 10.5. The fraction of sp³-hybridized carbons (Fsp3) is 0.333. The number of hydrogen-bond donors (Lipinski definition) is 0. The number of ketones is 1. The van der Waals surface area contributed by atoms with Crippen LogP contribution in [0.1, 0.15) is 27.1 Å². The number of para-hydroxylation sites is 1. The summed E-state index contributed by atoms with van der Waals surface area (Å²) < 4.78 is 5.24. The molecule has 2 saturated carbocycles. The molecule has 2 aromatic carbocycles. The van der Waals surface area contributed by atoms with E-state index in [0.29, 0.717) is 5.56 Å². The highest BCUT2D eigenvalue weighted by molar-refractivity contribution is 9.12. The number of hydrogen-bond acceptors (Lipinski definition) is 5. The molecule has 1 heterocycles. The Hall–Kier alpha value is -2.32. The van der Waals surface area contributed by atoms with Gasteiger partial charge in [-0.3, -0.25) is 14.4 Å². The molecule has 6 nitrogen and oxygen atoms in total. The Morgan fingerprint density at radius 3 is 2.06 bits per heavy atom. The van der Waals surface area contributed by atoms with Crippen LogP contribution in [0.5, 0.6) is 0 Å². The Morgan fingerprint density at radius 2 is 1.44 bits per heavy atom. The number of halogens is 2. The van der Waals surface area contributed by atoms with Gasteiger partial charge >= 0.3 is 5.97 Å². The molecule has 0 radical (unpaired) electrons. The molecule has 2 amide bonds. The van der Waals surface area contributed by atoms with Gasteiger partial charge in [0, 0.05) is 15.2 Å². The van der Waals surface area contributed by atoms with Crippen molar-refractivity contribution in [3.8, 4) is 0 Å². The summed E-state index contributed by atoms with van der Waals surface area (Å²) >= 11 is 7.35. The van der Waals surface area contributed by atoms with Crippen LogP contribution in [-0.2, 0) is 14.3 Å². The normalized spacial score (nSPS) is 30.5. The number of amides is 2. The van der Waals surface area contributed by atoms with Crippen molar-refractivity contribution in [1.29, 1.82) is 0 Å². The van der Waals surface area contributed by atoms with Gasteiger partial charge in [0.2, 0.25) is 11.8 Å². The summed E-state index contributed by atoms with van der Waals surface area (Å²) in [4.78, 5) is 53.2. The predicted molar refractivity (Wildman–Crippen MR) is 124 cm³/mol. The zero-order valence-corrected chi connectivity index (χ0v) is 20.0. The fourth-order valence-electron chi connectivity index (χ4n) is 5.34. The maximum atomic E-state index is 13.3. The molecule has 5 rings (SSSR count). The molecule has 1 aliphatic heterocycles. The van der Waals surface area contributed by atoms with Gasteiger partial charge in [-0.05, 0) is 30.4 Å². The van der Waals surface area contributed by atoms with Gasteiger partial charge in [0.05, 0.1) is 23.1 Å². The molecule has 1 saturated heterocycles. The number of imide groups is 1. The van der Waals surface area contributed by atoms with E-state index in [9.17, 15) is 19.2 Å². The molecule has 0 aromatic heterocycles. The number of anilines is 1. The van der Waals surface area contributed by atoms with Crippen LogP contribution in [0.3, 0.4) is 0 Å². The van der Waals surface area contributed by atoms with Crippen LogP contribution in [0.2, 0.25) is 0 Å². The van der Waals surface area contributed by atoms with Crippen LogP contribution in [0.15, 0.2) is 54.6 Å². The lowest BCUT2D eigenvalue weighted by Gasteiger charge is -2.28. The van der Waals surface area contributed by atoms with Gasteiger partial charge in [0.15, 0.2) is 12.4 Å². The highest BCUT2D eigenvalue weighted by Gasteiger charge is 2.66. The van der Waals surface area contributed by atoms with E-state index in [0.717, 1.165) is 11.3 Å². The average molecular weight is 561 g/mol. The second-order valence-electron chi connectivity index (χ2n) is 8.40. The van der Waals surface area contributed by atoms with Crippen molar-refractivity contribution in [1.82, 2.24) is 0 Å². The van der Waals surface area contributed by atoms with E-state index >= 15 is 0 Å². The number of carbonyl (C=O) groups excluding carboxylic acids is 4. The molecule has 0 spiro atoms. The van der Waals surface area contributed by atoms with Crippen LogP contribution >= 0.6 is 31.9 Å². The number of carbonyl (C=O) groups is 4. The van der Waals surface area contributed by atoms with Crippen LogP contribution in [0.25, 0.3) is 0 Å². The van der Waals surface area contributed by atoms with Crippen molar-refractivity contribution in [2.75, 3.05) is 11.5 Å². The molecule has 0 N–H and O–H groups in total. The highest BCUT2D eigenvalue weighted by Crippen LogP contribution is 2.60. The van der Waals surface area contributed by atoms with Crippen molar-refractivity contribution >= 4 is 61.1 Å². The first-order chi connectivity index (χ1) is 15.4. The van der Waals surface area contributed by atoms with E-state index in [1.165, 1.54) is 6.07 Å². The zero-order valence-electron chi connectivity index (χ0n) is 16.8. The molecule has 3 aliphatic rings. The van der Waals surface area contributed by atoms with Crippen LogP contribution in [0, 0.1) is 23.7 Å². The number of Topliss-reactive ketones (excluding diaryl/α,β-unsaturated/α-hetero) is 1. The number of alkyl halides is 2. The number of ether oxygens (including phenoxy) is 1. The van der Waals surface area contributed by atoms with E-state index in [1.807, 2.05) is 0 Å². The lowest BCUT2D eigenvalue weighted by atomic mass is 9.81. The van der Waals surface area contributed by atoms with Crippen LogP contribution in [0.4, 0.5) is 5.69 Å². The summed E-state index contributed by atoms with van der Waals surface area (Å²) in [5.41, 5.74) is 0.745. The molecule has 32 heavy (non-hydrogen) atoms. The van der Waals surface area contributed by atoms with Crippen molar-refractivity contribution < 1.29 is 23.9 Å². The summed E-state index contributed by atoms with van der Waals surface area (Å²) in [6.07, 6.45) is 0.831. The molecule has 6 atom stereocenters. The van der Waals surface area contributed by atoms with Gasteiger partial charge in [-0.1, -0.05) is 74.3 Å². The van der Waals surface area contributed by atoms with E-state index in [1.54, 1.807) is 48.5 Å². The van der Waals surface area contributed by atoms with Gasteiger partial charge < -0.3 is 4.74 Å². The first kappa shape index (κ1) is 21.5. The molecular weight excluding hydrogens is 542 g/mol. The smallest absolute Gasteiger partial charge is 0.340 e. The largest absolute Gasteiger partial charge is 0.454 e. The zero-order chi connectivity index (χ0) is 22.6. The van der Waals surface area contributed by atoms with E-state index in [2.05, 4.69) is 31.9 Å². The third-order valence-electron chi connectivity index (χ3n) is 6.78. The Labute approximate surface area is 201 Å². The Kier molecular flexibility index (Phi) is 5.53. The Bertz CT molecular complexity index is 1090. The minimum absolute atomic E-state index is 0.0819. The van der Waals surface area contributed by atoms with Crippen molar-refractivity contribution in [3.63, 3.8) is 0 Å². The Balaban J connectivity index is 1.38. The summed E-state index contributed by atoms with van der Waals surface area (Å²) in [6.45, 7) is -0.426. The fourth-order valence-corrected chi connectivity index (χ4v) is 7.22. The quantitative estimate of drug-likeness (QED) is 0.239. The number of nitrogens with zero attached hydrogens (tertiary/aromatic N) is 1. The van der Waals surface area contributed by atoms with Gasteiger partial charge in [-0.15, -0.1) is 0 Å². The molecule has 164 valence electrons. The predicted octanol–water partition coefficient (Wildman–Crippen LogP) is 4.01. The van der Waals surface area contributed by atoms with Gasteiger partial charge in [0.1, 0.15) is 0 Å². The molecular formula is C24H19Br2NO5. The van der Waals surface area contributed by atoms with E-state index in [4.69, 9.17) is 4.74 Å². The van der Waals surface area contributed by atoms with E-state index in [-0.39, 0.29) is 62.2 Å². The number of benzene rings is 2. The van der Waals surface area contributed by atoms with Crippen LogP contribution in [-0.4, -0.2) is 39.8 Å². The summed E-state index contributed by atoms with van der Waals surface area (Å²) in [6, 6.07) is 14.9. The number of fused-ring (bicyclic) bond motifs is 5. The number of rotatable bonds is 5. The minimum atomic E-state index is -0.748. The molecule has 8 heteroatoms. The SMILES string of the molecule is O=C(COC(=O)c1ccccc1N1C(=O)[C@@H]2[C@@H]3C[C@H]([C@H](Br)[C@@H]3Br)[C@@H]2C1=O)c1ccccc1. The standard InChI is InChI=1S/C24H19Br2NO5/c25-20-14-10-15(21(20)26)19-18(14)22(29)27(23(19)30)16-9-5-4-8-13(16)24(31)32-11-17(28)12-6-2-1-3-7-12/h1-9,14-15,18-21H,10-11H2/t14-,15-,18-,19+,20-,21+/m0/s1. The summed E-state index contributed by atoms with van der Waals surface area (Å²) in [5.74, 6) is -2.21. The Morgan fingerprint density at radius 1 is 0.875 bits per heavy atom. The first-order valence-corrected chi connectivity index (χ1v) is 12.2. The topological polar surface area (TPSA) is 80.8 Å².